The van der Waals surface area contributed by atoms with Gasteiger partial charge in [0.05, 0.1) is 11.2 Å². The lowest BCUT2D eigenvalue weighted by Gasteiger charge is -2.27. The van der Waals surface area contributed by atoms with E-state index >= 15 is 0 Å². The van der Waals surface area contributed by atoms with Crippen molar-refractivity contribution >= 4 is 22.5 Å². The molecule has 132 valence electrons. The van der Waals surface area contributed by atoms with Crippen LogP contribution in [0.25, 0.3) is 10.9 Å². The summed E-state index contributed by atoms with van der Waals surface area (Å²) in [6, 6.07) is 18.8. The van der Waals surface area contributed by atoms with Gasteiger partial charge in [-0.1, -0.05) is 55.5 Å². The van der Waals surface area contributed by atoms with Crippen LogP contribution in [0.4, 0.5) is 5.69 Å². The van der Waals surface area contributed by atoms with Gasteiger partial charge in [0.25, 0.3) is 0 Å². The maximum atomic E-state index is 12.4. The topological polar surface area (TPSA) is 42.0 Å². The zero-order chi connectivity index (χ0) is 17.9. The second-order valence-corrected chi connectivity index (χ2v) is 7.08. The van der Waals surface area contributed by atoms with Gasteiger partial charge in [-0.15, -0.1) is 0 Å². The normalized spacial score (nSPS) is 16.3. The Morgan fingerprint density at radius 3 is 2.69 bits per heavy atom. The first kappa shape index (κ1) is 16.8. The molecule has 2 aromatic carbocycles. The van der Waals surface area contributed by atoms with Crippen molar-refractivity contribution in [3.8, 4) is 0 Å². The molecule has 0 spiro atoms. The van der Waals surface area contributed by atoms with Gasteiger partial charge in [0.2, 0.25) is 5.91 Å². The molecule has 3 heteroatoms. The summed E-state index contributed by atoms with van der Waals surface area (Å²) in [7, 11) is 0. The Hall–Kier alpha value is -2.68. The van der Waals surface area contributed by atoms with E-state index in [4.69, 9.17) is 4.98 Å². The Morgan fingerprint density at radius 1 is 1.12 bits per heavy atom. The van der Waals surface area contributed by atoms with E-state index in [0.717, 1.165) is 48.0 Å². The number of amides is 1. The van der Waals surface area contributed by atoms with Crippen molar-refractivity contribution in [2.24, 2.45) is 0 Å². The summed E-state index contributed by atoms with van der Waals surface area (Å²) in [4.78, 5) is 17.3. The van der Waals surface area contributed by atoms with Crippen LogP contribution in [-0.4, -0.2) is 10.9 Å². The molecule has 0 aliphatic heterocycles. The molecule has 0 bridgehead atoms. The second-order valence-electron chi connectivity index (χ2n) is 7.08. The maximum absolute atomic E-state index is 12.4. The summed E-state index contributed by atoms with van der Waals surface area (Å²) in [5.41, 5.74) is 5.67. The number of fused-ring (bicyclic) bond motifs is 2. The molecule has 1 amide bonds. The van der Waals surface area contributed by atoms with E-state index in [1.807, 2.05) is 25.1 Å². The number of aryl methyl sites for hydroxylation is 1. The number of carbonyl (C=O) groups is 1. The van der Waals surface area contributed by atoms with Crippen molar-refractivity contribution in [3.05, 3.63) is 71.4 Å². The molecule has 3 aromatic rings. The molecule has 1 aromatic heterocycles. The van der Waals surface area contributed by atoms with Crippen molar-refractivity contribution in [1.29, 1.82) is 0 Å². The number of hydrogen-bond donors (Lipinski definition) is 1. The Bertz CT molecular complexity index is 934. The van der Waals surface area contributed by atoms with Crippen molar-refractivity contribution in [3.63, 3.8) is 0 Å². The van der Waals surface area contributed by atoms with Crippen molar-refractivity contribution in [2.75, 3.05) is 5.32 Å². The predicted molar refractivity (Wildman–Crippen MR) is 106 cm³/mol. The molecule has 0 saturated carbocycles. The number of para-hydroxylation sites is 1. The van der Waals surface area contributed by atoms with E-state index in [1.165, 1.54) is 11.1 Å². The van der Waals surface area contributed by atoms with Gasteiger partial charge in [-0.05, 0) is 48.8 Å². The van der Waals surface area contributed by atoms with Crippen molar-refractivity contribution in [2.45, 2.75) is 44.9 Å². The minimum absolute atomic E-state index is 0.0906. The lowest BCUT2D eigenvalue weighted by atomic mass is 9.81. The van der Waals surface area contributed by atoms with Crippen LogP contribution in [0.1, 0.15) is 48.9 Å². The fourth-order valence-corrected chi connectivity index (χ4v) is 3.97. The molecule has 1 aliphatic carbocycles. The monoisotopic (exact) mass is 344 g/mol. The van der Waals surface area contributed by atoms with E-state index in [-0.39, 0.29) is 5.91 Å². The third-order valence-electron chi connectivity index (χ3n) is 5.27. The molecule has 1 N–H and O–H groups in total. The first-order valence-electron chi connectivity index (χ1n) is 9.51. The summed E-state index contributed by atoms with van der Waals surface area (Å²) < 4.78 is 0. The van der Waals surface area contributed by atoms with Crippen LogP contribution >= 0.6 is 0 Å². The van der Waals surface area contributed by atoms with Crippen LogP contribution in [0.15, 0.2) is 54.6 Å². The van der Waals surface area contributed by atoms with Gasteiger partial charge in [-0.3, -0.25) is 9.78 Å². The lowest BCUT2D eigenvalue weighted by molar-refractivity contribution is -0.116. The minimum atomic E-state index is 0.0906. The van der Waals surface area contributed by atoms with Gasteiger partial charge in [-0.2, -0.15) is 0 Å². The number of benzene rings is 2. The van der Waals surface area contributed by atoms with Gasteiger partial charge >= 0.3 is 0 Å². The van der Waals surface area contributed by atoms with Crippen LogP contribution in [0.5, 0.6) is 0 Å². The number of aromatic nitrogens is 1. The Labute approximate surface area is 154 Å². The van der Waals surface area contributed by atoms with Crippen LogP contribution < -0.4 is 5.32 Å². The number of nitrogens with zero attached hydrogens (tertiary/aromatic N) is 1. The van der Waals surface area contributed by atoms with Gasteiger partial charge in [-0.25, -0.2) is 0 Å². The summed E-state index contributed by atoms with van der Waals surface area (Å²) in [6.45, 7) is 2.03. The third kappa shape index (κ3) is 3.22. The summed E-state index contributed by atoms with van der Waals surface area (Å²) in [6.07, 6.45) is 4.39. The average Bonchev–Trinajstić information content (AvgIpc) is 2.68. The second kappa shape index (κ2) is 7.28. The van der Waals surface area contributed by atoms with Gasteiger partial charge < -0.3 is 5.32 Å². The van der Waals surface area contributed by atoms with E-state index in [2.05, 4.69) is 41.7 Å². The fourth-order valence-electron chi connectivity index (χ4n) is 3.97. The highest BCUT2D eigenvalue weighted by atomic mass is 16.1. The van der Waals surface area contributed by atoms with Crippen molar-refractivity contribution in [1.82, 2.24) is 4.98 Å². The SMILES string of the molecule is CCCC(=O)Nc1c2c(nc3ccccc13)CCC(c1ccccc1)C2. The maximum Gasteiger partial charge on any atom is 0.224 e. The number of hydrogen-bond acceptors (Lipinski definition) is 2. The number of nitrogens with one attached hydrogen (secondary N) is 1. The predicted octanol–water partition coefficient (Wildman–Crippen LogP) is 5.25. The molecule has 1 unspecified atom stereocenters. The number of carbonyl (C=O) groups excluding carboxylic acids is 1. The molecule has 0 radical (unpaired) electrons. The van der Waals surface area contributed by atoms with E-state index in [0.29, 0.717) is 12.3 Å². The Kier molecular flexibility index (Phi) is 4.70. The average molecular weight is 344 g/mol. The highest BCUT2D eigenvalue weighted by Crippen LogP contribution is 2.38. The molecular weight excluding hydrogens is 320 g/mol. The zero-order valence-corrected chi connectivity index (χ0v) is 15.2. The van der Waals surface area contributed by atoms with Crippen LogP contribution in [0.2, 0.25) is 0 Å². The molecule has 1 atom stereocenters. The van der Waals surface area contributed by atoms with E-state index in [9.17, 15) is 4.79 Å². The third-order valence-corrected chi connectivity index (χ3v) is 5.27. The van der Waals surface area contributed by atoms with Crippen LogP contribution in [-0.2, 0) is 17.6 Å². The molecular formula is C23H24N2O. The fraction of sp³-hybridized carbons (Fsp3) is 0.304. The minimum Gasteiger partial charge on any atom is -0.325 e. The molecule has 0 fully saturated rings. The standard InChI is InChI=1S/C23H24N2O/c1-2-8-22(26)25-23-18-11-6-7-12-20(18)24-21-14-13-17(15-19(21)23)16-9-4-3-5-10-16/h3-7,9-12,17H,2,8,13-15H2,1H3,(H,24,25,26). The summed E-state index contributed by atoms with van der Waals surface area (Å²) in [5, 5.41) is 4.25. The first-order chi connectivity index (χ1) is 12.8. The van der Waals surface area contributed by atoms with Crippen LogP contribution in [0, 0.1) is 0 Å². The number of pyridine rings is 1. The van der Waals surface area contributed by atoms with Gasteiger partial charge in [0, 0.05) is 17.5 Å². The quantitative estimate of drug-likeness (QED) is 0.703. The van der Waals surface area contributed by atoms with E-state index in [1.54, 1.807) is 0 Å². The largest absolute Gasteiger partial charge is 0.325 e. The molecule has 1 aliphatic rings. The highest BCUT2D eigenvalue weighted by Gasteiger charge is 2.25. The zero-order valence-electron chi connectivity index (χ0n) is 15.2. The number of anilines is 1. The summed E-state index contributed by atoms with van der Waals surface area (Å²) >= 11 is 0. The van der Waals surface area contributed by atoms with E-state index < -0.39 is 0 Å². The lowest BCUT2D eigenvalue weighted by Crippen LogP contribution is -2.19. The smallest absolute Gasteiger partial charge is 0.224 e. The molecule has 1 heterocycles. The van der Waals surface area contributed by atoms with Crippen molar-refractivity contribution < 1.29 is 4.79 Å². The van der Waals surface area contributed by atoms with Gasteiger partial charge in [0.1, 0.15) is 0 Å². The Balaban J connectivity index is 1.78. The molecule has 4 rings (SSSR count). The Morgan fingerprint density at radius 2 is 1.88 bits per heavy atom. The molecule has 3 nitrogen and oxygen atoms in total. The van der Waals surface area contributed by atoms with Crippen LogP contribution in [0.3, 0.4) is 0 Å². The molecule has 26 heavy (non-hydrogen) atoms. The first-order valence-corrected chi connectivity index (χ1v) is 9.51. The molecule has 0 saturated heterocycles. The summed E-state index contributed by atoms with van der Waals surface area (Å²) in [5.74, 6) is 0.571. The number of rotatable bonds is 4. The highest BCUT2D eigenvalue weighted by molar-refractivity contribution is 6.02. The van der Waals surface area contributed by atoms with Gasteiger partial charge in [0.15, 0.2) is 0 Å².